The molecule has 18 heavy (non-hydrogen) atoms. The highest BCUT2D eigenvalue weighted by Crippen LogP contribution is 2.26. The molecule has 0 spiro atoms. The number of nitrogens with one attached hydrogen (secondary N) is 1. The number of halogens is 1. The van der Waals surface area contributed by atoms with Crippen LogP contribution in [0.1, 0.15) is 45.4 Å². The van der Waals surface area contributed by atoms with Crippen LogP contribution in [-0.2, 0) is 9.53 Å². The molecule has 0 aromatic carbocycles. The number of hydrogen-bond acceptors (Lipinski definition) is 3. The standard InChI is InChI=1S/C13H26N2O2.ClH/c1-2-17-9-8-13(16)15-12(10-14)11-6-4-3-5-7-11;/h11-12H,2-10,14H2,1H3,(H,15,16);1H. The van der Waals surface area contributed by atoms with E-state index in [2.05, 4.69) is 5.32 Å². The number of carbonyl (C=O) groups excluding carboxylic acids is 1. The van der Waals surface area contributed by atoms with Gasteiger partial charge >= 0.3 is 0 Å². The van der Waals surface area contributed by atoms with E-state index < -0.39 is 0 Å². The summed E-state index contributed by atoms with van der Waals surface area (Å²) >= 11 is 0. The van der Waals surface area contributed by atoms with Gasteiger partial charge in [0.1, 0.15) is 0 Å². The summed E-state index contributed by atoms with van der Waals surface area (Å²) in [6, 6.07) is 0.157. The van der Waals surface area contributed by atoms with Crippen LogP contribution in [0.15, 0.2) is 0 Å². The molecule has 1 rings (SSSR count). The molecule has 0 aromatic heterocycles. The van der Waals surface area contributed by atoms with Crippen LogP contribution < -0.4 is 11.1 Å². The van der Waals surface area contributed by atoms with Crippen LogP contribution in [0.5, 0.6) is 0 Å². The fourth-order valence-corrected chi connectivity index (χ4v) is 2.49. The molecule has 1 unspecified atom stereocenters. The lowest BCUT2D eigenvalue weighted by Crippen LogP contribution is -2.46. The van der Waals surface area contributed by atoms with Crippen molar-refractivity contribution in [3.63, 3.8) is 0 Å². The summed E-state index contributed by atoms with van der Waals surface area (Å²) < 4.78 is 5.17. The Morgan fingerprint density at radius 3 is 2.61 bits per heavy atom. The van der Waals surface area contributed by atoms with Crippen LogP contribution in [0.2, 0.25) is 0 Å². The Labute approximate surface area is 116 Å². The molecule has 1 saturated carbocycles. The Hall–Kier alpha value is -0.320. The normalized spacial score (nSPS) is 17.9. The molecule has 0 saturated heterocycles. The third-order valence-electron chi connectivity index (χ3n) is 3.50. The monoisotopic (exact) mass is 278 g/mol. The molecule has 0 aliphatic heterocycles. The third kappa shape index (κ3) is 6.57. The molecule has 0 heterocycles. The molecule has 1 amide bonds. The van der Waals surface area contributed by atoms with E-state index in [4.69, 9.17) is 10.5 Å². The van der Waals surface area contributed by atoms with Gasteiger partial charge < -0.3 is 15.8 Å². The minimum Gasteiger partial charge on any atom is -0.381 e. The van der Waals surface area contributed by atoms with Gasteiger partial charge in [-0.3, -0.25) is 4.79 Å². The van der Waals surface area contributed by atoms with Crippen molar-refractivity contribution in [2.45, 2.75) is 51.5 Å². The lowest BCUT2D eigenvalue weighted by molar-refractivity contribution is -0.123. The fourth-order valence-electron chi connectivity index (χ4n) is 2.49. The van der Waals surface area contributed by atoms with Crippen LogP contribution in [-0.4, -0.2) is 31.7 Å². The van der Waals surface area contributed by atoms with Gasteiger partial charge in [0.2, 0.25) is 5.91 Å². The molecule has 4 nitrogen and oxygen atoms in total. The average molecular weight is 279 g/mol. The predicted molar refractivity (Wildman–Crippen MR) is 75.9 cm³/mol. The molecule has 1 aliphatic carbocycles. The van der Waals surface area contributed by atoms with Gasteiger partial charge in [-0.1, -0.05) is 19.3 Å². The zero-order chi connectivity index (χ0) is 12.5. The molecular weight excluding hydrogens is 252 g/mol. The van der Waals surface area contributed by atoms with Gasteiger partial charge in [-0.25, -0.2) is 0 Å². The number of nitrogens with two attached hydrogens (primary N) is 1. The number of hydrogen-bond donors (Lipinski definition) is 2. The Morgan fingerprint density at radius 1 is 1.39 bits per heavy atom. The van der Waals surface area contributed by atoms with Crippen LogP contribution in [0, 0.1) is 5.92 Å². The fraction of sp³-hybridized carbons (Fsp3) is 0.923. The Bertz CT molecular complexity index is 221. The minimum absolute atomic E-state index is 0. The molecular formula is C13H27ClN2O2. The maximum absolute atomic E-state index is 11.7. The maximum Gasteiger partial charge on any atom is 0.222 e. The van der Waals surface area contributed by atoms with Crippen LogP contribution in [0.3, 0.4) is 0 Å². The van der Waals surface area contributed by atoms with Gasteiger partial charge in [-0.15, -0.1) is 12.4 Å². The average Bonchev–Trinajstić information content (AvgIpc) is 2.37. The van der Waals surface area contributed by atoms with Crippen molar-refractivity contribution in [3.8, 4) is 0 Å². The predicted octanol–water partition coefficient (Wildman–Crippen LogP) is 1.86. The maximum atomic E-state index is 11.7. The summed E-state index contributed by atoms with van der Waals surface area (Å²) in [5, 5.41) is 3.05. The Morgan fingerprint density at radius 2 is 2.06 bits per heavy atom. The highest BCUT2D eigenvalue weighted by molar-refractivity contribution is 5.85. The molecule has 0 aromatic rings. The van der Waals surface area contributed by atoms with Crippen molar-refractivity contribution in [2.75, 3.05) is 19.8 Å². The minimum atomic E-state index is 0. The van der Waals surface area contributed by atoms with Crippen molar-refractivity contribution in [3.05, 3.63) is 0 Å². The van der Waals surface area contributed by atoms with E-state index >= 15 is 0 Å². The lowest BCUT2D eigenvalue weighted by atomic mass is 9.84. The first-order valence-corrected chi connectivity index (χ1v) is 6.85. The van der Waals surface area contributed by atoms with Crippen molar-refractivity contribution in [2.24, 2.45) is 11.7 Å². The van der Waals surface area contributed by atoms with Gasteiger partial charge in [-0.2, -0.15) is 0 Å². The topological polar surface area (TPSA) is 64.3 Å². The summed E-state index contributed by atoms with van der Waals surface area (Å²) in [6.45, 7) is 3.65. The van der Waals surface area contributed by atoms with E-state index in [0.717, 1.165) is 0 Å². The lowest BCUT2D eigenvalue weighted by Gasteiger charge is -2.30. The smallest absolute Gasteiger partial charge is 0.222 e. The van der Waals surface area contributed by atoms with Crippen LogP contribution in [0.25, 0.3) is 0 Å². The van der Waals surface area contributed by atoms with E-state index in [1.54, 1.807) is 0 Å². The molecule has 108 valence electrons. The molecule has 1 fully saturated rings. The van der Waals surface area contributed by atoms with Crippen molar-refractivity contribution in [1.82, 2.24) is 5.32 Å². The number of amides is 1. The zero-order valence-corrected chi connectivity index (χ0v) is 12.1. The second-order valence-corrected chi connectivity index (χ2v) is 4.75. The third-order valence-corrected chi connectivity index (χ3v) is 3.50. The molecule has 1 atom stereocenters. The van der Waals surface area contributed by atoms with Crippen molar-refractivity contribution < 1.29 is 9.53 Å². The van der Waals surface area contributed by atoms with Gasteiger partial charge in [0.15, 0.2) is 0 Å². The molecule has 3 N–H and O–H groups in total. The quantitative estimate of drug-likeness (QED) is 0.699. The summed E-state index contributed by atoms with van der Waals surface area (Å²) in [4.78, 5) is 11.7. The SMILES string of the molecule is CCOCCC(=O)NC(CN)C1CCCCC1.Cl. The van der Waals surface area contributed by atoms with Gasteiger partial charge in [-0.05, 0) is 25.7 Å². The van der Waals surface area contributed by atoms with Gasteiger partial charge in [0.05, 0.1) is 6.61 Å². The molecule has 1 aliphatic rings. The molecule has 0 bridgehead atoms. The highest BCUT2D eigenvalue weighted by Gasteiger charge is 2.23. The molecule has 0 radical (unpaired) electrons. The van der Waals surface area contributed by atoms with Crippen LogP contribution in [0.4, 0.5) is 0 Å². The first-order valence-electron chi connectivity index (χ1n) is 6.85. The highest BCUT2D eigenvalue weighted by atomic mass is 35.5. The summed E-state index contributed by atoms with van der Waals surface area (Å²) in [6.07, 6.45) is 6.72. The largest absolute Gasteiger partial charge is 0.381 e. The van der Waals surface area contributed by atoms with E-state index in [1.165, 1.54) is 32.1 Å². The van der Waals surface area contributed by atoms with Crippen LogP contribution >= 0.6 is 12.4 Å². The summed E-state index contributed by atoms with van der Waals surface area (Å²) in [5.74, 6) is 0.643. The first kappa shape index (κ1) is 17.7. The first-order chi connectivity index (χ1) is 8.27. The van der Waals surface area contributed by atoms with E-state index in [9.17, 15) is 4.79 Å². The van der Waals surface area contributed by atoms with Crippen molar-refractivity contribution >= 4 is 18.3 Å². The van der Waals surface area contributed by atoms with Gasteiger partial charge in [0, 0.05) is 25.6 Å². The second kappa shape index (κ2) is 10.6. The summed E-state index contributed by atoms with van der Waals surface area (Å²) in [5.41, 5.74) is 5.76. The van der Waals surface area contributed by atoms with Crippen molar-refractivity contribution in [1.29, 1.82) is 0 Å². The molecule has 5 heteroatoms. The summed E-state index contributed by atoms with van der Waals surface area (Å²) in [7, 11) is 0. The van der Waals surface area contributed by atoms with E-state index in [0.29, 0.717) is 32.1 Å². The zero-order valence-electron chi connectivity index (χ0n) is 11.3. The number of rotatable bonds is 7. The van der Waals surface area contributed by atoms with E-state index in [1.807, 2.05) is 6.92 Å². The number of carbonyl (C=O) groups is 1. The van der Waals surface area contributed by atoms with E-state index in [-0.39, 0.29) is 24.4 Å². The Balaban J connectivity index is 0.00000289. The van der Waals surface area contributed by atoms with Gasteiger partial charge in [0.25, 0.3) is 0 Å². The Kier molecular flexibility index (Phi) is 10.4. The second-order valence-electron chi connectivity index (χ2n) is 4.75. The number of ether oxygens (including phenoxy) is 1.